The average molecular weight is 540 g/mol. The first-order valence-corrected chi connectivity index (χ1v) is 14.0. The number of sulfonamides is 1. The monoisotopic (exact) mass is 538 g/mol. The summed E-state index contributed by atoms with van der Waals surface area (Å²) in [5.74, 6) is 0.767. The Labute approximate surface area is 216 Å². The molecule has 0 bridgehead atoms. The van der Waals surface area contributed by atoms with Crippen LogP contribution in [0.1, 0.15) is 42.0 Å². The molecule has 3 aromatic rings. The minimum absolute atomic E-state index is 0. The van der Waals surface area contributed by atoms with Crippen LogP contribution >= 0.6 is 35.3 Å². The molecular formula is C25H28Cl2N2O3S2. The van der Waals surface area contributed by atoms with E-state index in [0.717, 1.165) is 36.6 Å². The van der Waals surface area contributed by atoms with Crippen molar-refractivity contribution in [3.8, 4) is 5.75 Å². The number of hydrogen-bond donors (Lipinski definition) is 2. The topological polar surface area (TPSA) is 67.4 Å². The molecule has 0 spiro atoms. The number of halogens is 2. The van der Waals surface area contributed by atoms with Gasteiger partial charge in [-0.15, -0.1) is 23.7 Å². The fourth-order valence-electron chi connectivity index (χ4n) is 5.03. The van der Waals surface area contributed by atoms with E-state index in [1.165, 1.54) is 34.4 Å². The molecule has 1 aromatic heterocycles. The molecule has 2 aromatic carbocycles. The third kappa shape index (κ3) is 5.01. The van der Waals surface area contributed by atoms with Gasteiger partial charge in [-0.1, -0.05) is 42.3 Å². The van der Waals surface area contributed by atoms with Crippen LogP contribution in [0.25, 0.3) is 0 Å². The van der Waals surface area contributed by atoms with Crippen LogP contribution in [0.5, 0.6) is 5.75 Å². The highest BCUT2D eigenvalue weighted by Crippen LogP contribution is 2.53. The van der Waals surface area contributed by atoms with Gasteiger partial charge in [-0.05, 0) is 78.2 Å². The predicted octanol–water partition coefficient (Wildman–Crippen LogP) is 5.49. The van der Waals surface area contributed by atoms with Crippen LogP contribution in [0.4, 0.5) is 0 Å². The van der Waals surface area contributed by atoms with Crippen molar-refractivity contribution >= 4 is 45.4 Å². The highest BCUT2D eigenvalue weighted by Gasteiger charge is 2.47. The maximum atomic E-state index is 12.3. The standard InChI is InChI=1S/C25H27ClN2O3S2.ClH/c26-20-7-5-19(6-8-20)25(11-2-12-25)24-22-17-21(9-4-18(22)10-13-27-24)31-15-14-28-33(29,30)23-3-1-16-32-23;/h1,3-9,16-17,24,27-28H,2,10-15H2;1H. The van der Waals surface area contributed by atoms with E-state index in [2.05, 4.69) is 34.3 Å². The molecule has 1 saturated carbocycles. The molecule has 34 heavy (non-hydrogen) atoms. The molecule has 5 rings (SSSR count). The minimum Gasteiger partial charge on any atom is -0.492 e. The van der Waals surface area contributed by atoms with Crippen LogP contribution in [0.2, 0.25) is 5.02 Å². The highest BCUT2D eigenvalue weighted by molar-refractivity contribution is 7.91. The summed E-state index contributed by atoms with van der Waals surface area (Å²) in [5.41, 5.74) is 4.03. The fraction of sp³-hybridized carbons (Fsp3) is 0.360. The lowest BCUT2D eigenvalue weighted by molar-refractivity contribution is 0.164. The van der Waals surface area contributed by atoms with Crippen LogP contribution in [-0.4, -0.2) is 28.1 Å². The minimum atomic E-state index is -3.47. The first-order chi connectivity index (χ1) is 16.0. The molecule has 182 valence electrons. The Morgan fingerprint density at radius 3 is 2.62 bits per heavy atom. The zero-order valence-electron chi connectivity index (χ0n) is 18.6. The summed E-state index contributed by atoms with van der Waals surface area (Å²) in [7, 11) is -3.47. The molecular weight excluding hydrogens is 511 g/mol. The van der Waals surface area contributed by atoms with Gasteiger partial charge in [-0.25, -0.2) is 13.1 Å². The molecule has 2 N–H and O–H groups in total. The van der Waals surface area contributed by atoms with E-state index in [-0.39, 0.29) is 37.0 Å². The Balaban J connectivity index is 0.00000274. The molecule has 1 aliphatic carbocycles. The number of hydrogen-bond acceptors (Lipinski definition) is 5. The van der Waals surface area contributed by atoms with Gasteiger partial charge in [0.25, 0.3) is 0 Å². The summed E-state index contributed by atoms with van der Waals surface area (Å²) >= 11 is 7.36. The first-order valence-electron chi connectivity index (χ1n) is 11.3. The second-order valence-corrected chi connectivity index (χ2v) is 12.1. The molecule has 2 aliphatic rings. The zero-order valence-corrected chi connectivity index (χ0v) is 21.8. The molecule has 0 amide bonds. The largest absolute Gasteiger partial charge is 0.492 e. The highest BCUT2D eigenvalue weighted by atomic mass is 35.5. The number of ether oxygens (including phenoxy) is 1. The van der Waals surface area contributed by atoms with Crippen LogP contribution in [0.3, 0.4) is 0 Å². The lowest BCUT2D eigenvalue weighted by Crippen LogP contribution is -2.49. The van der Waals surface area contributed by atoms with E-state index in [1.54, 1.807) is 17.5 Å². The lowest BCUT2D eigenvalue weighted by atomic mass is 9.58. The van der Waals surface area contributed by atoms with Crippen molar-refractivity contribution in [2.75, 3.05) is 19.7 Å². The summed E-state index contributed by atoms with van der Waals surface area (Å²) < 4.78 is 33.4. The van der Waals surface area contributed by atoms with Crippen molar-refractivity contribution in [1.82, 2.24) is 10.0 Å². The Morgan fingerprint density at radius 1 is 1.15 bits per heavy atom. The second-order valence-electron chi connectivity index (χ2n) is 8.69. The van der Waals surface area contributed by atoms with Gasteiger partial charge < -0.3 is 10.1 Å². The Bertz CT molecular complexity index is 1210. The molecule has 1 aliphatic heterocycles. The summed E-state index contributed by atoms with van der Waals surface area (Å²) in [5, 5.41) is 6.29. The summed E-state index contributed by atoms with van der Waals surface area (Å²) in [6.07, 6.45) is 4.49. The molecule has 0 radical (unpaired) electrons. The normalized spacial score (nSPS) is 18.9. The van der Waals surface area contributed by atoms with Gasteiger partial charge in [0, 0.05) is 23.0 Å². The van der Waals surface area contributed by atoms with Crippen molar-refractivity contribution in [2.24, 2.45) is 0 Å². The molecule has 0 saturated heterocycles. The van der Waals surface area contributed by atoms with Crippen LogP contribution in [0.15, 0.2) is 64.2 Å². The van der Waals surface area contributed by atoms with E-state index in [0.29, 0.717) is 4.21 Å². The Morgan fingerprint density at radius 2 is 1.94 bits per heavy atom. The Hall–Kier alpha value is -1.61. The van der Waals surface area contributed by atoms with Crippen LogP contribution < -0.4 is 14.8 Å². The molecule has 1 atom stereocenters. The third-order valence-electron chi connectivity index (χ3n) is 6.81. The van der Waals surface area contributed by atoms with Crippen LogP contribution in [-0.2, 0) is 21.9 Å². The SMILES string of the molecule is Cl.O=S(=O)(NCCOc1ccc2c(c1)C(C1(c3ccc(Cl)cc3)CCC1)NCC2)c1cccs1. The van der Waals surface area contributed by atoms with Crippen molar-refractivity contribution < 1.29 is 13.2 Å². The van der Waals surface area contributed by atoms with Gasteiger partial charge >= 0.3 is 0 Å². The van der Waals surface area contributed by atoms with Crippen molar-refractivity contribution in [2.45, 2.75) is 41.3 Å². The summed E-state index contributed by atoms with van der Waals surface area (Å²) in [6, 6.07) is 18.1. The van der Waals surface area contributed by atoms with Gasteiger partial charge in [0.15, 0.2) is 0 Å². The van der Waals surface area contributed by atoms with Crippen molar-refractivity contribution in [3.05, 3.63) is 81.7 Å². The molecule has 9 heteroatoms. The van der Waals surface area contributed by atoms with Gasteiger partial charge in [0.2, 0.25) is 10.0 Å². The molecule has 1 fully saturated rings. The maximum absolute atomic E-state index is 12.3. The molecule has 1 unspecified atom stereocenters. The number of nitrogens with one attached hydrogen (secondary N) is 2. The van der Waals surface area contributed by atoms with Gasteiger partial charge in [-0.3, -0.25) is 0 Å². The van der Waals surface area contributed by atoms with E-state index in [4.69, 9.17) is 16.3 Å². The van der Waals surface area contributed by atoms with E-state index in [9.17, 15) is 8.42 Å². The van der Waals surface area contributed by atoms with Gasteiger partial charge in [0.1, 0.15) is 16.6 Å². The van der Waals surface area contributed by atoms with E-state index < -0.39 is 10.0 Å². The number of benzene rings is 2. The summed E-state index contributed by atoms with van der Waals surface area (Å²) in [4.78, 5) is 0. The number of thiophene rings is 1. The zero-order chi connectivity index (χ0) is 22.9. The van der Waals surface area contributed by atoms with Gasteiger partial charge in [-0.2, -0.15) is 0 Å². The maximum Gasteiger partial charge on any atom is 0.250 e. The van der Waals surface area contributed by atoms with Gasteiger partial charge in [0.05, 0.1) is 0 Å². The predicted molar refractivity (Wildman–Crippen MR) is 140 cm³/mol. The first kappa shape index (κ1) is 25.5. The third-order valence-corrected chi connectivity index (χ3v) is 9.92. The van der Waals surface area contributed by atoms with E-state index >= 15 is 0 Å². The fourth-order valence-corrected chi connectivity index (χ4v) is 7.21. The van der Waals surface area contributed by atoms with Crippen molar-refractivity contribution in [1.29, 1.82) is 0 Å². The van der Waals surface area contributed by atoms with Crippen LogP contribution in [0, 0.1) is 0 Å². The number of fused-ring (bicyclic) bond motifs is 1. The summed E-state index contributed by atoms with van der Waals surface area (Å²) in [6.45, 7) is 1.44. The molecule has 2 heterocycles. The average Bonchev–Trinajstić information content (AvgIpc) is 3.34. The van der Waals surface area contributed by atoms with E-state index in [1.807, 2.05) is 18.2 Å². The smallest absolute Gasteiger partial charge is 0.250 e. The number of rotatable bonds is 8. The second kappa shape index (κ2) is 10.6. The lowest BCUT2D eigenvalue weighted by Gasteiger charge is -2.50. The Kier molecular flexibility index (Phi) is 7.92. The van der Waals surface area contributed by atoms with Crippen molar-refractivity contribution in [3.63, 3.8) is 0 Å². The quantitative estimate of drug-likeness (QED) is 0.372. The molecule has 5 nitrogen and oxygen atoms in total.